The molecule has 1 atom stereocenters. The van der Waals surface area contributed by atoms with Crippen molar-refractivity contribution in [3.63, 3.8) is 0 Å². The Morgan fingerprint density at radius 3 is 2.81 bits per heavy atom. The van der Waals surface area contributed by atoms with E-state index in [1.807, 2.05) is 35.9 Å². The summed E-state index contributed by atoms with van der Waals surface area (Å²) in [6.45, 7) is 0. The highest BCUT2D eigenvalue weighted by molar-refractivity contribution is 7.99. The van der Waals surface area contributed by atoms with Crippen LogP contribution in [0.2, 0.25) is 0 Å². The van der Waals surface area contributed by atoms with Crippen molar-refractivity contribution in [3.8, 4) is 0 Å². The number of para-hydroxylation sites is 1. The molecule has 5 nitrogen and oxygen atoms in total. The molecule has 2 N–H and O–H groups in total. The lowest BCUT2D eigenvalue weighted by Crippen LogP contribution is -2.54. The van der Waals surface area contributed by atoms with Crippen molar-refractivity contribution in [1.29, 1.82) is 0 Å². The average molecular weight is 304 g/mol. The van der Waals surface area contributed by atoms with Gasteiger partial charge in [0.2, 0.25) is 0 Å². The first-order valence-electron chi connectivity index (χ1n) is 6.71. The van der Waals surface area contributed by atoms with Gasteiger partial charge in [0.25, 0.3) is 5.91 Å². The predicted molar refractivity (Wildman–Crippen MR) is 82.7 cm³/mol. The van der Waals surface area contributed by atoms with Gasteiger partial charge in [-0.3, -0.25) is 4.79 Å². The Bertz CT molecular complexity index is 717. The lowest BCUT2D eigenvalue weighted by Gasteiger charge is -2.24. The molecular formula is C15H16N2O3S. The SMILES string of the molecule is Cn1cc(C(=O)N[C@@]2(C(=O)O)CCSC2)c2ccccc21. The third-order valence-corrected chi connectivity index (χ3v) is 5.12. The Kier molecular flexibility index (Phi) is 3.41. The van der Waals surface area contributed by atoms with E-state index in [1.54, 1.807) is 18.0 Å². The molecule has 1 aliphatic heterocycles. The van der Waals surface area contributed by atoms with E-state index in [1.165, 1.54) is 0 Å². The van der Waals surface area contributed by atoms with Crippen LogP contribution in [0.5, 0.6) is 0 Å². The van der Waals surface area contributed by atoms with Gasteiger partial charge in [0.15, 0.2) is 0 Å². The Morgan fingerprint density at radius 1 is 1.38 bits per heavy atom. The summed E-state index contributed by atoms with van der Waals surface area (Å²) in [4.78, 5) is 24.1. The lowest BCUT2D eigenvalue weighted by molar-refractivity contribution is -0.143. The number of amides is 1. The second kappa shape index (κ2) is 5.11. The first kappa shape index (κ1) is 14.0. The number of carboxylic acid groups (broad SMARTS) is 1. The first-order valence-corrected chi connectivity index (χ1v) is 7.87. The number of carbonyl (C=O) groups excluding carboxylic acids is 1. The quantitative estimate of drug-likeness (QED) is 0.908. The molecule has 1 aromatic heterocycles. The van der Waals surface area contributed by atoms with Crippen LogP contribution in [0.15, 0.2) is 30.5 Å². The molecule has 3 rings (SSSR count). The molecule has 1 aliphatic rings. The number of rotatable bonds is 3. The fourth-order valence-electron chi connectivity index (χ4n) is 2.69. The Hall–Kier alpha value is -1.95. The highest BCUT2D eigenvalue weighted by atomic mass is 32.2. The normalized spacial score (nSPS) is 21.6. The Balaban J connectivity index is 1.96. The Labute approximate surface area is 126 Å². The van der Waals surface area contributed by atoms with E-state index >= 15 is 0 Å². The van der Waals surface area contributed by atoms with Gasteiger partial charge < -0.3 is 15.0 Å². The third-order valence-electron chi connectivity index (χ3n) is 3.93. The number of hydrogen-bond acceptors (Lipinski definition) is 3. The summed E-state index contributed by atoms with van der Waals surface area (Å²) in [6.07, 6.45) is 2.21. The number of carboxylic acids is 1. The minimum atomic E-state index is -1.14. The molecule has 6 heteroatoms. The number of aryl methyl sites for hydroxylation is 1. The molecule has 0 saturated carbocycles. The van der Waals surface area contributed by atoms with Gasteiger partial charge in [0, 0.05) is 29.9 Å². The van der Waals surface area contributed by atoms with E-state index in [0.717, 1.165) is 16.7 Å². The minimum absolute atomic E-state index is 0.322. The standard InChI is InChI=1S/C15H16N2O3S/c1-17-8-11(10-4-2-3-5-12(10)17)13(18)16-15(14(19)20)6-7-21-9-15/h2-5,8H,6-7,9H2,1H3,(H,16,18)(H,19,20)/t15-/m0/s1. The van der Waals surface area contributed by atoms with E-state index < -0.39 is 11.5 Å². The van der Waals surface area contributed by atoms with Gasteiger partial charge in [-0.1, -0.05) is 18.2 Å². The van der Waals surface area contributed by atoms with Gasteiger partial charge >= 0.3 is 5.97 Å². The van der Waals surface area contributed by atoms with E-state index in [9.17, 15) is 14.7 Å². The maximum absolute atomic E-state index is 12.5. The summed E-state index contributed by atoms with van der Waals surface area (Å²) in [5.74, 6) is -0.112. The van der Waals surface area contributed by atoms with Gasteiger partial charge in [-0.2, -0.15) is 11.8 Å². The molecular weight excluding hydrogens is 288 g/mol. The molecule has 0 spiro atoms. The van der Waals surface area contributed by atoms with Crippen LogP contribution in [-0.2, 0) is 11.8 Å². The number of nitrogens with zero attached hydrogens (tertiary/aromatic N) is 1. The van der Waals surface area contributed by atoms with Crippen LogP contribution >= 0.6 is 11.8 Å². The Morgan fingerprint density at radius 2 is 2.14 bits per heavy atom. The number of benzene rings is 1. The van der Waals surface area contributed by atoms with Crippen LogP contribution in [0, 0.1) is 0 Å². The van der Waals surface area contributed by atoms with Gasteiger partial charge in [-0.25, -0.2) is 4.79 Å². The van der Waals surface area contributed by atoms with Crippen molar-refractivity contribution >= 4 is 34.5 Å². The number of nitrogens with one attached hydrogen (secondary N) is 1. The molecule has 21 heavy (non-hydrogen) atoms. The number of aromatic nitrogens is 1. The van der Waals surface area contributed by atoms with E-state index in [-0.39, 0.29) is 5.91 Å². The van der Waals surface area contributed by atoms with Crippen molar-refractivity contribution in [1.82, 2.24) is 9.88 Å². The summed E-state index contributed by atoms with van der Waals surface area (Å²) in [5, 5.41) is 13.0. The third kappa shape index (κ3) is 2.29. The van der Waals surface area contributed by atoms with Crippen LogP contribution in [0.4, 0.5) is 0 Å². The molecule has 1 aromatic carbocycles. The van der Waals surface area contributed by atoms with Crippen molar-refractivity contribution < 1.29 is 14.7 Å². The van der Waals surface area contributed by atoms with E-state index in [0.29, 0.717) is 17.7 Å². The topological polar surface area (TPSA) is 71.3 Å². The maximum atomic E-state index is 12.5. The lowest BCUT2D eigenvalue weighted by atomic mass is 9.98. The van der Waals surface area contributed by atoms with Crippen molar-refractivity contribution in [2.45, 2.75) is 12.0 Å². The molecule has 1 saturated heterocycles. The monoisotopic (exact) mass is 304 g/mol. The highest BCUT2D eigenvalue weighted by Crippen LogP contribution is 2.29. The number of hydrogen-bond donors (Lipinski definition) is 2. The average Bonchev–Trinajstić information content (AvgIpc) is 3.06. The van der Waals surface area contributed by atoms with Gasteiger partial charge in [0.1, 0.15) is 5.54 Å². The second-order valence-corrected chi connectivity index (χ2v) is 6.42. The summed E-state index contributed by atoms with van der Waals surface area (Å²) < 4.78 is 1.88. The fraction of sp³-hybridized carbons (Fsp3) is 0.333. The van der Waals surface area contributed by atoms with Crippen LogP contribution in [0.25, 0.3) is 10.9 Å². The highest BCUT2D eigenvalue weighted by Gasteiger charge is 2.43. The molecule has 1 fully saturated rings. The molecule has 110 valence electrons. The minimum Gasteiger partial charge on any atom is -0.479 e. The fourth-order valence-corrected chi connectivity index (χ4v) is 4.02. The van der Waals surface area contributed by atoms with Gasteiger partial charge in [-0.15, -0.1) is 0 Å². The zero-order valence-corrected chi connectivity index (χ0v) is 12.4. The molecule has 2 aromatic rings. The molecule has 2 heterocycles. The molecule has 0 radical (unpaired) electrons. The van der Waals surface area contributed by atoms with Gasteiger partial charge in [-0.05, 0) is 18.2 Å². The zero-order chi connectivity index (χ0) is 15.0. The van der Waals surface area contributed by atoms with E-state index in [2.05, 4.69) is 5.32 Å². The van der Waals surface area contributed by atoms with E-state index in [4.69, 9.17) is 0 Å². The molecule has 0 unspecified atom stereocenters. The first-order chi connectivity index (χ1) is 10.0. The zero-order valence-electron chi connectivity index (χ0n) is 11.6. The number of aliphatic carboxylic acids is 1. The summed E-state index contributed by atoms with van der Waals surface area (Å²) in [7, 11) is 1.87. The summed E-state index contributed by atoms with van der Waals surface area (Å²) in [6, 6.07) is 7.60. The maximum Gasteiger partial charge on any atom is 0.330 e. The predicted octanol–water partition coefficient (Wildman–Crippen LogP) is 1.87. The van der Waals surface area contributed by atoms with Crippen molar-refractivity contribution in [2.75, 3.05) is 11.5 Å². The number of carbonyl (C=O) groups is 2. The van der Waals surface area contributed by atoms with Crippen LogP contribution in [0.1, 0.15) is 16.8 Å². The smallest absolute Gasteiger partial charge is 0.330 e. The summed E-state index contributed by atoms with van der Waals surface area (Å²) >= 11 is 1.55. The second-order valence-electron chi connectivity index (χ2n) is 5.31. The largest absolute Gasteiger partial charge is 0.479 e. The van der Waals surface area contributed by atoms with Gasteiger partial charge in [0.05, 0.1) is 5.56 Å². The van der Waals surface area contributed by atoms with Crippen molar-refractivity contribution in [2.24, 2.45) is 7.05 Å². The summed E-state index contributed by atoms with van der Waals surface area (Å²) in [5.41, 5.74) is 0.331. The van der Waals surface area contributed by atoms with Crippen LogP contribution in [0.3, 0.4) is 0 Å². The van der Waals surface area contributed by atoms with Crippen LogP contribution in [-0.4, -0.2) is 38.6 Å². The molecule has 1 amide bonds. The number of fused-ring (bicyclic) bond motifs is 1. The number of thioether (sulfide) groups is 1. The van der Waals surface area contributed by atoms with Crippen LogP contribution < -0.4 is 5.32 Å². The van der Waals surface area contributed by atoms with Crippen molar-refractivity contribution in [3.05, 3.63) is 36.0 Å². The molecule has 0 aliphatic carbocycles. The molecule has 0 bridgehead atoms.